The topological polar surface area (TPSA) is 40.5 Å². The molecule has 3 nitrogen and oxygen atoms in total. The van der Waals surface area contributed by atoms with Gasteiger partial charge < -0.3 is 10.0 Å². The van der Waals surface area contributed by atoms with Crippen LogP contribution in [-0.4, -0.2) is 29.0 Å². The van der Waals surface area contributed by atoms with Gasteiger partial charge in [0.15, 0.2) is 0 Å². The highest BCUT2D eigenvalue weighted by atomic mass is 32.1. The van der Waals surface area contributed by atoms with Crippen molar-refractivity contribution in [3.8, 4) is 0 Å². The third-order valence-corrected chi connectivity index (χ3v) is 5.19. The average molecular weight is 355 g/mol. The van der Waals surface area contributed by atoms with Crippen molar-refractivity contribution in [2.24, 2.45) is 0 Å². The molecule has 0 unspecified atom stereocenters. The number of carbonyl (C=O) groups excluding carboxylic acids is 1. The lowest BCUT2D eigenvalue weighted by molar-refractivity contribution is -0.137. The van der Waals surface area contributed by atoms with Crippen molar-refractivity contribution in [3.63, 3.8) is 0 Å². The Bertz CT molecular complexity index is 720. The molecule has 7 heteroatoms. The zero-order valence-electron chi connectivity index (χ0n) is 12.7. The molecule has 0 radical (unpaired) electrons. The summed E-state index contributed by atoms with van der Waals surface area (Å²) >= 11 is 1.35. The molecule has 1 amide bonds. The Hall–Kier alpha value is -1.86. The zero-order chi connectivity index (χ0) is 17.4. The molecule has 1 aliphatic heterocycles. The number of carbonyl (C=O) groups is 1. The molecular formula is C17H16F3NO2S. The summed E-state index contributed by atoms with van der Waals surface area (Å²) in [7, 11) is 0. The van der Waals surface area contributed by atoms with Gasteiger partial charge in [-0.1, -0.05) is 18.2 Å². The fourth-order valence-electron chi connectivity index (χ4n) is 2.91. The van der Waals surface area contributed by atoms with Gasteiger partial charge in [-0.3, -0.25) is 4.79 Å². The van der Waals surface area contributed by atoms with Gasteiger partial charge in [-0.15, -0.1) is 11.3 Å². The molecule has 2 aromatic rings. The molecule has 2 heterocycles. The van der Waals surface area contributed by atoms with E-state index in [0.29, 0.717) is 18.0 Å². The van der Waals surface area contributed by atoms with E-state index >= 15 is 0 Å². The van der Waals surface area contributed by atoms with Crippen molar-refractivity contribution >= 4 is 17.2 Å². The first-order chi connectivity index (χ1) is 11.3. The van der Waals surface area contributed by atoms with Gasteiger partial charge in [-0.25, -0.2) is 0 Å². The van der Waals surface area contributed by atoms with Gasteiger partial charge in [0, 0.05) is 13.1 Å². The number of thiophene rings is 1. The van der Waals surface area contributed by atoms with Crippen LogP contribution >= 0.6 is 11.3 Å². The lowest BCUT2D eigenvalue weighted by Crippen LogP contribution is -2.45. The van der Waals surface area contributed by atoms with Crippen molar-refractivity contribution in [1.82, 2.24) is 4.90 Å². The molecule has 1 aromatic carbocycles. The van der Waals surface area contributed by atoms with Gasteiger partial charge in [0.05, 0.1) is 16.0 Å². The van der Waals surface area contributed by atoms with Crippen LogP contribution in [0.4, 0.5) is 13.2 Å². The second kappa shape index (κ2) is 6.22. The lowest BCUT2D eigenvalue weighted by atomic mass is 9.83. The maximum Gasteiger partial charge on any atom is 0.416 e. The molecule has 0 aliphatic carbocycles. The molecule has 1 saturated heterocycles. The SMILES string of the molecule is O=C(c1cccs1)N1CCC(O)(c2cccc(C(F)(F)F)c2)CC1. The highest BCUT2D eigenvalue weighted by Crippen LogP contribution is 2.37. The molecule has 24 heavy (non-hydrogen) atoms. The minimum atomic E-state index is -4.44. The average Bonchev–Trinajstić information content (AvgIpc) is 3.09. The second-order valence-electron chi connectivity index (χ2n) is 5.88. The Morgan fingerprint density at radius 1 is 1.17 bits per heavy atom. The largest absolute Gasteiger partial charge is 0.416 e. The summed E-state index contributed by atoms with van der Waals surface area (Å²) in [6.07, 6.45) is -4.01. The minimum absolute atomic E-state index is 0.101. The molecule has 1 aliphatic rings. The van der Waals surface area contributed by atoms with Gasteiger partial charge in [-0.2, -0.15) is 13.2 Å². The number of aliphatic hydroxyl groups is 1. The van der Waals surface area contributed by atoms with Crippen molar-refractivity contribution in [2.45, 2.75) is 24.6 Å². The number of likely N-dealkylation sites (tertiary alicyclic amines) is 1. The van der Waals surface area contributed by atoms with E-state index in [2.05, 4.69) is 0 Å². The number of halogens is 3. The van der Waals surface area contributed by atoms with Crippen LogP contribution < -0.4 is 0 Å². The Morgan fingerprint density at radius 2 is 1.88 bits per heavy atom. The summed E-state index contributed by atoms with van der Waals surface area (Å²) in [6, 6.07) is 8.33. The predicted octanol–water partition coefficient (Wildman–Crippen LogP) is 3.89. The van der Waals surface area contributed by atoms with Crippen LogP contribution in [0.25, 0.3) is 0 Å². The van der Waals surface area contributed by atoms with Crippen molar-refractivity contribution in [3.05, 3.63) is 57.8 Å². The Balaban J connectivity index is 1.74. The molecule has 1 fully saturated rings. The van der Waals surface area contributed by atoms with Crippen LogP contribution in [0.1, 0.15) is 33.6 Å². The first kappa shape index (κ1) is 17.0. The zero-order valence-corrected chi connectivity index (χ0v) is 13.5. The van der Waals surface area contributed by atoms with Crippen molar-refractivity contribution in [2.75, 3.05) is 13.1 Å². The number of piperidine rings is 1. The molecule has 0 bridgehead atoms. The monoisotopic (exact) mass is 355 g/mol. The Kier molecular flexibility index (Phi) is 4.40. The Morgan fingerprint density at radius 3 is 2.46 bits per heavy atom. The Labute approximate surface area is 141 Å². The van der Waals surface area contributed by atoms with Crippen molar-refractivity contribution in [1.29, 1.82) is 0 Å². The van der Waals surface area contributed by atoms with Crippen LogP contribution in [0.3, 0.4) is 0 Å². The quantitative estimate of drug-likeness (QED) is 0.888. The summed E-state index contributed by atoms with van der Waals surface area (Å²) in [6.45, 7) is 0.618. The molecule has 0 saturated carbocycles. The lowest BCUT2D eigenvalue weighted by Gasteiger charge is -2.38. The van der Waals surface area contributed by atoms with Crippen LogP contribution in [0.5, 0.6) is 0 Å². The molecule has 3 rings (SSSR count). The summed E-state index contributed by atoms with van der Waals surface area (Å²) < 4.78 is 38.6. The number of alkyl halides is 3. The maximum absolute atomic E-state index is 12.9. The standard InChI is InChI=1S/C17H16F3NO2S/c18-17(19,20)13-4-1-3-12(11-13)16(23)6-8-21(9-7-16)15(22)14-5-2-10-24-14/h1-5,10-11,23H,6-9H2. The van der Waals surface area contributed by atoms with E-state index < -0.39 is 17.3 Å². The number of nitrogens with zero attached hydrogens (tertiary/aromatic N) is 1. The number of hydrogen-bond acceptors (Lipinski definition) is 3. The third kappa shape index (κ3) is 3.32. The summed E-state index contributed by atoms with van der Waals surface area (Å²) in [5.74, 6) is -0.101. The van der Waals surface area contributed by atoms with Gasteiger partial charge in [0.25, 0.3) is 5.91 Å². The number of amides is 1. The van der Waals surface area contributed by atoms with Crippen LogP contribution in [0.2, 0.25) is 0 Å². The maximum atomic E-state index is 12.9. The number of hydrogen-bond donors (Lipinski definition) is 1. The van der Waals surface area contributed by atoms with E-state index in [0.717, 1.165) is 12.1 Å². The van der Waals surface area contributed by atoms with Gasteiger partial charge in [0.1, 0.15) is 0 Å². The van der Waals surface area contributed by atoms with Crippen LogP contribution in [0, 0.1) is 0 Å². The number of benzene rings is 1. The molecule has 128 valence electrons. The smallest absolute Gasteiger partial charge is 0.385 e. The van der Waals surface area contributed by atoms with Gasteiger partial charge >= 0.3 is 6.18 Å². The van der Waals surface area contributed by atoms with E-state index in [-0.39, 0.29) is 24.3 Å². The van der Waals surface area contributed by atoms with Gasteiger partial charge in [0.2, 0.25) is 0 Å². The highest BCUT2D eigenvalue weighted by molar-refractivity contribution is 7.12. The van der Waals surface area contributed by atoms with Gasteiger partial charge in [-0.05, 0) is 42.0 Å². The second-order valence-corrected chi connectivity index (χ2v) is 6.83. The fraction of sp³-hybridized carbons (Fsp3) is 0.353. The molecule has 0 atom stereocenters. The number of rotatable bonds is 2. The first-order valence-corrected chi connectivity index (χ1v) is 8.40. The third-order valence-electron chi connectivity index (χ3n) is 4.34. The molecular weight excluding hydrogens is 339 g/mol. The minimum Gasteiger partial charge on any atom is -0.385 e. The predicted molar refractivity (Wildman–Crippen MR) is 84.8 cm³/mol. The van der Waals surface area contributed by atoms with E-state index in [9.17, 15) is 23.1 Å². The van der Waals surface area contributed by atoms with E-state index in [1.807, 2.05) is 5.38 Å². The van der Waals surface area contributed by atoms with Crippen LogP contribution in [-0.2, 0) is 11.8 Å². The summed E-state index contributed by atoms with van der Waals surface area (Å²) in [5.41, 5.74) is -1.86. The molecule has 0 spiro atoms. The summed E-state index contributed by atoms with van der Waals surface area (Å²) in [5, 5.41) is 12.6. The van der Waals surface area contributed by atoms with E-state index in [1.165, 1.54) is 23.5 Å². The van der Waals surface area contributed by atoms with Crippen LogP contribution in [0.15, 0.2) is 41.8 Å². The summed E-state index contributed by atoms with van der Waals surface area (Å²) in [4.78, 5) is 14.6. The van der Waals surface area contributed by atoms with E-state index in [1.54, 1.807) is 17.0 Å². The molecule has 1 aromatic heterocycles. The van der Waals surface area contributed by atoms with E-state index in [4.69, 9.17) is 0 Å². The fourth-order valence-corrected chi connectivity index (χ4v) is 3.60. The highest BCUT2D eigenvalue weighted by Gasteiger charge is 2.38. The normalized spacial score (nSPS) is 17.8. The van der Waals surface area contributed by atoms with Crippen molar-refractivity contribution < 1.29 is 23.1 Å². The molecule has 1 N–H and O–H groups in total. The first-order valence-electron chi connectivity index (χ1n) is 7.52.